The zero-order valence-electron chi connectivity index (χ0n) is 4.62. The summed E-state index contributed by atoms with van der Waals surface area (Å²) in [7, 11) is 0. The summed E-state index contributed by atoms with van der Waals surface area (Å²) in [5, 5.41) is 0. The summed E-state index contributed by atoms with van der Waals surface area (Å²) in [6.45, 7) is 0. The summed E-state index contributed by atoms with van der Waals surface area (Å²) < 4.78 is 31.9. The molecule has 0 aliphatic carbocycles. The molecule has 0 aliphatic heterocycles. The molecule has 5 nitrogen and oxygen atoms in total. The second-order valence-corrected chi connectivity index (χ2v) is 2.33. The molecule has 0 atom stereocenters. The van der Waals surface area contributed by atoms with Crippen LogP contribution in [0.4, 0.5) is 0 Å². The first-order valence-corrected chi connectivity index (χ1v) is 3.63. The van der Waals surface area contributed by atoms with E-state index in [4.69, 9.17) is 16.0 Å². The SMILES string of the molecule is O.O=[Se](=O)(O)O.[H-].[Na+]. The van der Waals surface area contributed by atoms with E-state index in [9.17, 15) is 0 Å². The quantitative estimate of drug-likeness (QED) is 0.369. The van der Waals surface area contributed by atoms with Crippen LogP contribution in [0.1, 0.15) is 1.43 Å². The molecule has 0 aromatic carbocycles. The molecule has 42 valence electrons. The largest absolute Gasteiger partial charge is 1.00 e. The second kappa shape index (κ2) is 5.14. The fourth-order valence-electron chi connectivity index (χ4n) is 0. The van der Waals surface area contributed by atoms with Crippen LogP contribution < -0.4 is 29.6 Å². The van der Waals surface area contributed by atoms with Crippen molar-refractivity contribution in [1.29, 1.82) is 0 Å². The van der Waals surface area contributed by atoms with Gasteiger partial charge in [0.25, 0.3) is 0 Å². The molecule has 0 rings (SSSR count). The van der Waals surface area contributed by atoms with Crippen molar-refractivity contribution in [3.63, 3.8) is 0 Å². The maximum atomic E-state index is 8.82. The fraction of sp³-hybridized carbons (Fsp3) is 0. The molecule has 0 bridgehead atoms. The molecule has 0 saturated carbocycles. The van der Waals surface area contributed by atoms with Crippen LogP contribution in [0.25, 0.3) is 0 Å². The molecule has 4 N–H and O–H groups in total. The molecule has 0 aromatic heterocycles. The first-order chi connectivity index (χ1) is 2.00. The van der Waals surface area contributed by atoms with E-state index in [1.54, 1.807) is 0 Å². The number of hydrogen-bond donors (Lipinski definition) is 2. The van der Waals surface area contributed by atoms with Crippen molar-refractivity contribution in [3.05, 3.63) is 0 Å². The van der Waals surface area contributed by atoms with Crippen LogP contribution in [-0.2, 0) is 7.67 Å². The van der Waals surface area contributed by atoms with Gasteiger partial charge in [-0.3, -0.25) is 0 Å². The van der Waals surface area contributed by atoms with E-state index < -0.39 is 13.4 Å². The van der Waals surface area contributed by atoms with Gasteiger partial charge in [-0.15, -0.1) is 0 Å². The van der Waals surface area contributed by atoms with Crippen LogP contribution in [0, 0.1) is 0 Å². The van der Waals surface area contributed by atoms with Gasteiger partial charge >= 0.3 is 59.0 Å². The summed E-state index contributed by atoms with van der Waals surface area (Å²) >= 11 is -5.25. The minimum atomic E-state index is -5.25. The molecule has 0 unspecified atom stereocenters. The Morgan fingerprint density at radius 3 is 1.29 bits per heavy atom. The van der Waals surface area contributed by atoms with Crippen molar-refractivity contribution in [2.75, 3.05) is 0 Å². The molecule has 0 radical (unpaired) electrons. The maximum absolute atomic E-state index is 8.82. The molecule has 0 spiro atoms. The van der Waals surface area contributed by atoms with Gasteiger partial charge in [-0.2, -0.15) is 0 Å². The van der Waals surface area contributed by atoms with Crippen molar-refractivity contribution in [3.8, 4) is 0 Å². The summed E-state index contributed by atoms with van der Waals surface area (Å²) in [5.74, 6) is 0. The topological polar surface area (TPSA) is 106 Å². The first kappa shape index (κ1) is 15.7. The third kappa shape index (κ3) is 175. The van der Waals surface area contributed by atoms with E-state index >= 15 is 0 Å². The van der Waals surface area contributed by atoms with Crippen LogP contribution in [0.3, 0.4) is 0 Å². The standard InChI is InChI=1S/Na.H2O4Se.H2O.H/c;1-5(2,3)4;;/h;(H2,1,2,3,4);1H2;/q+1;;;-1. The Kier molecular flexibility index (Phi) is 11.5. The minimum Gasteiger partial charge on any atom is -1.00 e. The molecule has 0 amide bonds. The Bertz CT molecular complexity index is 95.6. The normalized spacial score (nSPS) is 8.29. The fourth-order valence-corrected chi connectivity index (χ4v) is 0. The molecule has 0 heterocycles. The number of hydrogen-bond acceptors (Lipinski definition) is 2. The van der Waals surface area contributed by atoms with Gasteiger partial charge in [0.05, 0.1) is 0 Å². The number of rotatable bonds is 0. The van der Waals surface area contributed by atoms with Crippen LogP contribution in [0.5, 0.6) is 0 Å². The molecular formula is H5NaO5Se. The monoisotopic (exact) mass is 188 g/mol. The van der Waals surface area contributed by atoms with Gasteiger partial charge in [0.15, 0.2) is 0 Å². The third-order valence-electron chi connectivity index (χ3n) is 0. The Hall–Kier alpha value is 0.999. The molecular weight excluding hydrogens is 182 g/mol. The molecule has 0 saturated heterocycles. The smallest absolute Gasteiger partial charge is 1.00 e. The molecule has 0 aromatic rings. The molecule has 7 heteroatoms. The molecule has 0 aliphatic rings. The van der Waals surface area contributed by atoms with Crippen LogP contribution in [-0.4, -0.2) is 27.2 Å². The van der Waals surface area contributed by atoms with E-state index in [-0.39, 0.29) is 36.5 Å². The molecule has 7 heavy (non-hydrogen) atoms. The van der Waals surface area contributed by atoms with E-state index in [2.05, 4.69) is 0 Å². The summed E-state index contributed by atoms with van der Waals surface area (Å²) in [6.07, 6.45) is 0. The Labute approximate surface area is 65.7 Å². The van der Waals surface area contributed by atoms with Crippen molar-refractivity contribution < 1.29 is 52.5 Å². The predicted molar refractivity (Wildman–Crippen MR) is 16.3 cm³/mol. The van der Waals surface area contributed by atoms with Crippen molar-refractivity contribution >= 4 is 13.4 Å². The Morgan fingerprint density at radius 1 is 1.29 bits per heavy atom. The van der Waals surface area contributed by atoms with Crippen molar-refractivity contribution in [1.82, 2.24) is 0 Å². The second-order valence-electron chi connectivity index (χ2n) is 0.448. The minimum absolute atomic E-state index is 0. The van der Waals surface area contributed by atoms with E-state index in [0.717, 1.165) is 0 Å². The van der Waals surface area contributed by atoms with Gasteiger partial charge in [-0.25, -0.2) is 0 Å². The Morgan fingerprint density at radius 2 is 1.29 bits per heavy atom. The first-order valence-electron chi connectivity index (χ1n) is 0.698. The summed E-state index contributed by atoms with van der Waals surface area (Å²) in [5.41, 5.74) is 0. The van der Waals surface area contributed by atoms with Crippen LogP contribution in [0.2, 0.25) is 0 Å². The maximum Gasteiger partial charge on any atom is 1.00 e. The third-order valence-corrected chi connectivity index (χ3v) is 0. The van der Waals surface area contributed by atoms with Crippen molar-refractivity contribution in [2.24, 2.45) is 0 Å². The van der Waals surface area contributed by atoms with Gasteiger partial charge in [-0.1, -0.05) is 0 Å². The van der Waals surface area contributed by atoms with Gasteiger partial charge in [0.1, 0.15) is 0 Å². The molecule has 0 fully saturated rings. The van der Waals surface area contributed by atoms with Crippen molar-refractivity contribution in [2.45, 2.75) is 0 Å². The van der Waals surface area contributed by atoms with Gasteiger partial charge in [0.2, 0.25) is 0 Å². The summed E-state index contributed by atoms with van der Waals surface area (Å²) in [6, 6.07) is 0. The van der Waals surface area contributed by atoms with Gasteiger partial charge < -0.3 is 6.90 Å². The zero-order chi connectivity index (χ0) is 4.50. The van der Waals surface area contributed by atoms with Crippen LogP contribution in [0.15, 0.2) is 0 Å². The average molecular weight is 187 g/mol. The average Bonchev–Trinajstić information content (AvgIpc) is 0.722. The zero-order valence-corrected chi connectivity index (χ0v) is 7.33. The Balaban J connectivity index is -0.0000000267. The van der Waals surface area contributed by atoms with E-state index in [0.29, 0.717) is 0 Å². The van der Waals surface area contributed by atoms with E-state index in [1.165, 1.54) is 0 Å². The van der Waals surface area contributed by atoms with E-state index in [1.807, 2.05) is 0 Å². The predicted octanol–water partition coefficient (Wildman–Crippen LogP) is -5.44. The van der Waals surface area contributed by atoms with Crippen LogP contribution >= 0.6 is 0 Å². The van der Waals surface area contributed by atoms with Gasteiger partial charge in [0, 0.05) is 0 Å². The summed E-state index contributed by atoms with van der Waals surface area (Å²) in [4.78, 5) is 0. The van der Waals surface area contributed by atoms with Gasteiger partial charge in [-0.05, 0) is 0 Å².